The molecule has 0 bridgehead atoms. The van der Waals surface area contributed by atoms with E-state index in [0.717, 1.165) is 5.56 Å². The molecule has 1 saturated heterocycles. The van der Waals surface area contributed by atoms with Gasteiger partial charge in [-0.1, -0.05) is 19.9 Å². The predicted octanol–water partition coefficient (Wildman–Crippen LogP) is 2.60. The second-order valence-corrected chi connectivity index (χ2v) is 8.85. The molecule has 2 heterocycles. The zero-order valence-electron chi connectivity index (χ0n) is 14.9. The van der Waals surface area contributed by atoms with Gasteiger partial charge in [0, 0.05) is 30.0 Å². The average Bonchev–Trinajstić information content (AvgIpc) is 2.61. The maximum atomic E-state index is 12.7. The molecule has 0 radical (unpaired) electrons. The third-order valence-electron chi connectivity index (χ3n) is 4.58. The third kappa shape index (κ3) is 3.42. The first-order chi connectivity index (χ1) is 12.2. The Kier molecular flexibility index (Phi) is 4.72. The first-order valence-corrected chi connectivity index (χ1v) is 9.74. The van der Waals surface area contributed by atoms with Gasteiger partial charge >= 0.3 is 6.03 Å². The highest BCUT2D eigenvalue weighted by atomic mass is 32.2. The quantitative estimate of drug-likeness (QED) is 0.860. The molecule has 0 saturated carbocycles. The fraction of sp³-hybridized carbons (Fsp3) is 0.333. The summed E-state index contributed by atoms with van der Waals surface area (Å²) in [5, 5.41) is 2.80. The van der Waals surface area contributed by atoms with Crippen molar-refractivity contribution in [2.24, 2.45) is 5.41 Å². The molecule has 1 unspecified atom stereocenters. The molecule has 0 aliphatic carbocycles. The van der Waals surface area contributed by atoms with Crippen LogP contribution in [0, 0.1) is 5.41 Å². The van der Waals surface area contributed by atoms with Crippen molar-refractivity contribution in [2.75, 3.05) is 18.9 Å². The van der Waals surface area contributed by atoms with Gasteiger partial charge in [-0.25, -0.2) is 17.9 Å². The van der Waals surface area contributed by atoms with E-state index in [1.165, 1.54) is 19.2 Å². The van der Waals surface area contributed by atoms with Crippen molar-refractivity contribution >= 4 is 21.7 Å². The van der Waals surface area contributed by atoms with Crippen LogP contribution < -0.4 is 10.0 Å². The van der Waals surface area contributed by atoms with Gasteiger partial charge in [-0.15, -0.1) is 0 Å². The number of benzene rings is 1. The van der Waals surface area contributed by atoms with Crippen molar-refractivity contribution in [1.82, 2.24) is 14.6 Å². The zero-order valence-corrected chi connectivity index (χ0v) is 15.7. The highest BCUT2D eigenvalue weighted by molar-refractivity contribution is 7.89. The molecule has 138 valence electrons. The minimum Gasteiger partial charge on any atom is -0.316 e. The molecule has 2 amide bonds. The molecule has 1 aliphatic rings. The van der Waals surface area contributed by atoms with Crippen molar-refractivity contribution in [3.8, 4) is 0 Å². The number of carbonyl (C=O) groups is 1. The van der Waals surface area contributed by atoms with Gasteiger partial charge in [-0.3, -0.25) is 4.98 Å². The van der Waals surface area contributed by atoms with Gasteiger partial charge in [0.15, 0.2) is 0 Å². The van der Waals surface area contributed by atoms with Gasteiger partial charge < -0.3 is 10.2 Å². The summed E-state index contributed by atoms with van der Waals surface area (Å²) in [6.45, 7) is 4.84. The summed E-state index contributed by atoms with van der Waals surface area (Å²) in [6, 6.07) is 9.68. The van der Waals surface area contributed by atoms with E-state index < -0.39 is 10.0 Å². The van der Waals surface area contributed by atoms with E-state index in [0.29, 0.717) is 12.2 Å². The lowest BCUT2D eigenvalue weighted by atomic mass is 9.72. The van der Waals surface area contributed by atoms with E-state index in [1.807, 2.05) is 12.1 Å². The summed E-state index contributed by atoms with van der Waals surface area (Å²) in [7, 11) is -2.21. The fourth-order valence-electron chi connectivity index (χ4n) is 3.35. The lowest BCUT2D eigenvalue weighted by Gasteiger charge is -2.54. The molecular weight excluding hydrogens is 352 g/mol. The Morgan fingerprint density at radius 3 is 2.54 bits per heavy atom. The van der Waals surface area contributed by atoms with Crippen molar-refractivity contribution in [3.63, 3.8) is 0 Å². The lowest BCUT2D eigenvalue weighted by molar-refractivity contribution is -0.0115. The highest BCUT2D eigenvalue weighted by Gasteiger charge is 2.48. The Morgan fingerprint density at radius 2 is 1.92 bits per heavy atom. The van der Waals surface area contributed by atoms with E-state index in [4.69, 9.17) is 0 Å². The number of likely N-dealkylation sites (tertiary alicyclic amines) is 1. The summed E-state index contributed by atoms with van der Waals surface area (Å²) in [5.74, 6) is 0. The van der Waals surface area contributed by atoms with Crippen LogP contribution in [0.25, 0.3) is 0 Å². The Balaban J connectivity index is 1.80. The van der Waals surface area contributed by atoms with Gasteiger partial charge in [0.05, 0.1) is 10.9 Å². The van der Waals surface area contributed by atoms with Gasteiger partial charge in [0.25, 0.3) is 0 Å². The van der Waals surface area contributed by atoms with Gasteiger partial charge in [-0.05, 0) is 42.9 Å². The predicted molar refractivity (Wildman–Crippen MR) is 99.2 cm³/mol. The molecule has 7 nitrogen and oxygen atoms in total. The molecule has 0 spiro atoms. The van der Waals surface area contributed by atoms with Crippen molar-refractivity contribution in [3.05, 3.63) is 54.4 Å². The van der Waals surface area contributed by atoms with E-state index in [2.05, 4.69) is 28.9 Å². The Labute approximate surface area is 153 Å². The molecule has 8 heteroatoms. The minimum absolute atomic E-state index is 0.0456. The molecule has 2 N–H and O–H groups in total. The van der Waals surface area contributed by atoms with Crippen LogP contribution in [0.5, 0.6) is 0 Å². The van der Waals surface area contributed by atoms with Crippen LogP contribution >= 0.6 is 0 Å². The molecule has 1 atom stereocenters. The number of rotatable bonds is 4. The summed E-state index contributed by atoms with van der Waals surface area (Å²) in [5.41, 5.74) is 1.41. The number of nitrogens with one attached hydrogen (secondary N) is 2. The van der Waals surface area contributed by atoms with Gasteiger partial charge in [0.2, 0.25) is 10.0 Å². The van der Waals surface area contributed by atoms with Crippen LogP contribution in [0.2, 0.25) is 0 Å². The molecule has 2 aromatic rings. The zero-order chi connectivity index (χ0) is 18.9. The lowest BCUT2D eigenvalue weighted by Crippen LogP contribution is -2.59. The van der Waals surface area contributed by atoms with E-state index >= 15 is 0 Å². The standard InChI is InChI=1S/C18H22N4O3S/c1-18(2)12-22(16(18)13-7-9-20-10-8-13)17(23)21-14-5-4-6-15(11-14)26(24,25)19-3/h4-11,16,19H,12H2,1-3H3,(H,21,23). The monoisotopic (exact) mass is 374 g/mol. The van der Waals surface area contributed by atoms with E-state index in [-0.39, 0.29) is 22.4 Å². The second kappa shape index (κ2) is 6.69. The molecule has 1 aromatic carbocycles. The number of pyridine rings is 1. The average molecular weight is 374 g/mol. The van der Waals surface area contributed by atoms with Crippen LogP contribution in [0.15, 0.2) is 53.7 Å². The SMILES string of the molecule is CNS(=O)(=O)c1cccc(NC(=O)N2CC(C)(C)C2c2ccncc2)c1. The molecule has 3 rings (SSSR count). The Bertz CT molecular complexity index is 913. The number of urea groups is 1. The first-order valence-electron chi connectivity index (χ1n) is 8.26. The molecule has 1 aromatic heterocycles. The molecule has 1 fully saturated rings. The normalized spacial score (nSPS) is 18.9. The van der Waals surface area contributed by atoms with Gasteiger partial charge in [-0.2, -0.15) is 0 Å². The molecule has 26 heavy (non-hydrogen) atoms. The van der Waals surface area contributed by atoms with Crippen molar-refractivity contribution in [2.45, 2.75) is 24.8 Å². The van der Waals surface area contributed by atoms with E-state index in [1.54, 1.807) is 29.4 Å². The third-order valence-corrected chi connectivity index (χ3v) is 5.99. The van der Waals surface area contributed by atoms with Crippen molar-refractivity contribution in [1.29, 1.82) is 0 Å². The number of nitrogens with zero attached hydrogens (tertiary/aromatic N) is 2. The molecule has 1 aliphatic heterocycles. The van der Waals surface area contributed by atoms with Crippen LogP contribution in [0.3, 0.4) is 0 Å². The summed E-state index contributed by atoms with van der Waals surface area (Å²) in [4.78, 5) is 18.6. The van der Waals surface area contributed by atoms with Crippen molar-refractivity contribution < 1.29 is 13.2 Å². The summed E-state index contributed by atoms with van der Waals surface area (Å²) < 4.78 is 26.1. The largest absolute Gasteiger partial charge is 0.322 e. The van der Waals surface area contributed by atoms with Gasteiger partial charge in [0.1, 0.15) is 0 Å². The number of anilines is 1. The topological polar surface area (TPSA) is 91.4 Å². The Hall–Kier alpha value is -2.45. The number of amides is 2. The number of carbonyl (C=O) groups excluding carboxylic acids is 1. The smallest absolute Gasteiger partial charge is 0.316 e. The van der Waals surface area contributed by atoms with Crippen LogP contribution in [0.1, 0.15) is 25.5 Å². The number of hydrogen-bond donors (Lipinski definition) is 2. The number of aromatic nitrogens is 1. The number of sulfonamides is 1. The Morgan fingerprint density at radius 1 is 1.23 bits per heavy atom. The van der Waals surface area contributed by atoms with Crippen LogP contribution in [0.4, 0.5) is 10.5 Å². The summed E-state index contributed by atoms with van der Waals surface area (Å²) in [6.07, 6.45) is 3.43. The van der Waals surface area contributed by atoms with Crippen LogP contribution in [-0.2, 0) is 10.0 Å². The first kappa shape index (κ1) is 18.3. The minimum atomic E-state index is -3.56. The van der Waals surface area contributed by atoms with Crippen LogP contribution in [-0.4, -0.2) is 37.9 Å². The maximum absolute atomic E-state index is 12.7. The van der Waals surface area contributed by atoms with E-state index in [9.17, 15) is 13.2 Å². The fourth-order valence-corrected chi connectivity index (χ4v) is 4.12. The second-order valence-electron chi connectivity index (χ2n) is 6.97. The number of hydrogen-bond acceptors (Lipinski definition) is 4. The highest BCUT2D eigenvalue weighted by Crippen LogP contribution is 2.48. The summed E-state index contributed by atoms with van der Waals surface area (Å²) >= 11 is 0. The molecular formula is C18H22N4O3S. The maximum Gasteiger partial charge on any atom is 0.322 e.